The zero-order chi connectivity index (χ0) is 29.0. The van der Waals surface area contributed by atoms with Gasteiger partial charge in [0.2, 0.25) is 0 Å². The number of likely N-dealkylation sites (tertiary alicyclic amines) is 1. The highest BCUT2D eigenvalue weighted by Crippen LogP contribution is 2.38. The molecule has 0 spiro atoms. The van der Waals surface area contributed by atoms with Crippen molar-refractivity contribution in [3.8, 4) is 0 Å². The number of rotatable bonds is 14. The van der Waals surface area contributed by atoms with Gasteiger partial charge in [-0.1, -0.05) is 84.4 Å². The predicted octanol–water partition coefficient (Wildman–Crippen LogP) is 5.85. The van der Waals surface area contributed by atoms with Crippen LogP contribution in [-0.2, 0) is 11.0 Å². The number of carbonyl (C=O) groups is 1. The van der Waals surface area contributed by atoms with E-state index in [1.54, 1.807) is 0 Å². The third-order valence-corrected chi connectivity index (χ3v) is 8.72. The van der Waals surface area contributed by atoms with Gasteiger partial charge in [-0.15, -0.1) is 0 Å². The molecule has 0 radical (unpaired) electrons. The van der Waals surface area contributed by atoms with Crippen molar-refractivity contribution in [2.45, 2.75) is 56.0 Å². The van der Waals surface area contributed by atoms with E-state index in [0.29, 0.717) is 31.0 Å². The highest BCUT2D eigenvalue weighted by Gasteiger charge is 2.36. The second kappa shape index (κ2) is 15.4. The van der Waals surface area contributed by atoms with Crippen molar-refractivity contribution in [2.75, 3.05) is 39.3 Å². The van der Waals surface area contributed by atoms with E-state index in [1.807, 2.05) is 36.4 Å². The number of amides is 2. The Bertz CT molecular complexity index is 1140. The Balaban J connectivity index is 1.42. The molecule has 6 nitrogen and oxygen atoms in total. The normalized spacial score (nSPS) is 15.4. The largest absolute Gasteiger partial charge is 0.396 e. The number of hydrogen-bond donors (Lipinski definition) is 4. The van der Waals surface area contributed by atoms with Crippen LogP contribution in [0.2, 0.25) is 5.02 Å². The molecule has 4 rings (SSSR count). The molecule has 220 valence electrons. The van der Waals surface area contributed by atoms with Crippen LogP contribution in [0.1, 0.15) is 61.6 Å². The quantitative estimate of drug-likeness (QED) is 0.181. The standard InChI is InChI=1S/C34H44ClN3O3/c35-31-17-15-30(16-18-31)34(41)20-24-38(25-21-34)23-10-19-33(28-11-4-1-5-12-28,29-13-6-2-7-14-29)27-37-32(40)36-22-8-3-9-26-39/h1-2,4-7,11-18,39,41H,3,8-10,19-27H2,(H2,36,37,40). The molecule has 1 heterocycles. The molecule has 0 unspecified atom stereocenters. The number of aliphatic hydroxyl groups excluding tert-OH is 1. The van der Waals surface area contributed by atoms with Crippen molar-refractivity contribution in [1.29, 1.82) is 0 Å². The summed E-state index contributed by atoms with van der Waals surface area (Å²) >= 11 is 6.06. The molecule has 2 amide bonds. The van der Waals surface area contributed by atoms with Crippen molar-refractivity contribution in [2.24, 2.45) is 0 Å². The molecule has 0 aliphatic carbocycles. The molecule has 1 aliphatic heterocycles. The number of carbonyl (C=O) groups excluding carboxylic acids is 1. The lowest BCUT2D eigenvalue weighted by Gasteiger charge is -2.40. The number of piperidine rings is 1. The number of nitrogens with one attached hydrogen (secondary N) is 2. The third kappa shape index (κ3) is 8.55. The fraction of sp³-hybridized carbons (Fsp3) is 0.441. The molecular weight excluding hydrogens is 534 g/mol. The fourth-order valence-corrected chi connectivity index (χ4v) is 6.10. The van der Waals surface area contributed by atoms with E-state index in [1.165, 1.54) is 11.1 Å². The van der Waals surface area contributed by atoms with Crippen LogP contribution in [0.4, 0.5) is 4.79 Å². The molecule has 41 heavy (non-hydrogen) atoms. The van der Waals surface area contributed by atoms with Gasteiger partial charge < -0.3 is 25.7 Å². The van der Waals surface area contributed by atoms with Crippen molar-refractivity contribution < 1.29 is 15.0 Å². The Hall–Kier alpha value is -2.90. The first-order valence-electron chi connectivity index (χ1n) is 14.9. The number of unbranched alkanes of at least 4 members (excludes halogenated alkanes) is 2. The first kappa shape index (κ1) is 31.0. The van der Waals surface area contributed by atoms with Gasteiger partial charge in [0.05, 0.1) is 5.60 Å². The highest BCUT2D eigenvalue weighted by molar-refractivity contribution is 6.30. The van der Waals surface area contributed by atoms with E-state index in [0.717, 1.165) is 57.3 Å². The van der Waals surface area contributed by atoms with E-state index >= 15 is 0 Å². The molecule has 0 bridgehead atoms. The number of benzene rings is 3. The Morgan fingerprint density at radius 3 is 2.02 bits per heavy atom. The maximum Gasteiger partial charge on any atom is 0.314 e. The van der Waals surface area contributed by atoms with E-state index in [9.17, 15) is 9.90 Å². The van der Waals surface area contributed by atoms with E-state index in [4.69, 9.17) is 16.7 Å². The average Bonchev–Trinajstić information content (AvgIpc) is 3.01. The van der Waals surface area contributed by atoms with Gasteiger partial charge in [-0.25, -0.2) is 4.79 Å². The number of halogens is 1. The third-order valence-electron chi connectivity index (χ3n) is 8.47. The average molecular weight is 578 g/mol. The first-order chi connectivity index (χ1) is 19.9. The van der Waals surface area contributed by atoms with Crippen LogP contribution >= 0.6 is 11.6 Å². The van der Waals surface area contributed by atoms with Gasteiger partial charge in [0.15, 0.2) is 0 Å². The molecule has 1 aliphatic rings. The minimum Gasteiger partial charge on any atom is -0.396 e. The Morgan fingerprint density at radius 1 is 0.829 bits per heavy atom. The summed E-state index contributed by atoms with van der Waals surface area (Å²) in [5.74, 6) is 0. The van der Waals surface area contributed by atoms with Crippen LogP contribution in [-0.4, -0.2) is 60.5 Å². The number of urea groups is 1. The Morgan fingerprint density at radius 2 is 1.44 bits per heavy atom. The molecule has 3 aromatic carbocycles. The SMILES string of the molecule is O=C(NCCCCCO)NCC(CCCN1CCC(O)(c2ccc(Cl)cc2)CC1)(c1ccccc1)c1ccccc1. The van der Waals surface area contributed by atoms with Crippen LogP contribution in [0.25, 0.3) is 0 Å². The van der Waals surface area contributed by atoms with Gasteiger partial charge in [-0.3, -0.25) is 0 Å². The lowest BCUT2D eigenvalue weighted by molar-refractivity contribution is -0.0262. The summed E-state index contributed by atoms with van der Waals surface area (Å²) in [5, 5.41) is 27.1. The molecule has 0 atom stereocenters. The number of hydrogen-bond acceptors (Lipinski definition) is 4. The maximum absolute atomic E-state index is 12.8. The zero-order valence-corrected chi connectivity index (χ0v) is 24.7. The van der Waals surface area contributed by atoms with Gasteiger partial charge in [0.1, 0.15) is 0 Å². The zero-order valence-electron chi connectivity index (χ0n) is 23.9. The number of nitrogens with zero attached hydrogens (tertiary/aromatic N) is 1. The molecule has 1 saturated heterocycles. The van der Waals surface area contributed by atoms with E-state index < -0.39 is 5.60 Å². The molecule has 4 N–H and O–H groups in total. The number of aliphatic hydroxyl groups is 2. The van der Waals surface area contributed by atoms with Crippen LogP contribution in [0, 0.1) is 0 Å². The van der Waals surface area contributed by atoms with Gasteiger partial charge in [-0.2, -0.15) is 0 Å². The Kier molecular flexibility index (Phi) is 11.6. The summed E-state index contributed by atoms with van der Waals surface area (Å²) in [4.78, 5) is 15.2. The second-order valence-electron chi connectivity index (χ2n) is 11.2. The second-order valence-corrected chi connectivity index (χ2v) is 11.6. The minimum absolute atomic E-state index is 0.164. The first-order valence-corrected chi connectivity index (χ1v) is 15.3. The summed E-state index contributed by atoms with van der Waals surface area (Å²) in [6.07, 6.45) is 5.70. The summed E-state index contributed by atoms with van der Waals surface area (Å²) in [6, 6.07) is 28.4. The van der Waals surface area contributed by atoms with Gasteiger partial charge in [0, 0.05) is 43.2 Å². The molecule has 0 saturated carbocycles. The summed E-state index contributed by atoms with van der Waals surface area (Å²) < 4.78 is 0. The van der Waals surface area contributed by atoms with Crippen LogP contribution in [0.3, 0.4) is 0 Å². The van der Waals surface area contributed by atoms with Crippen molar-refractivity contribution in [3.05, 3.63) is 107 Å². The summed E-state index contributed by atoms with van der Waals surface area (Å²) in [6.45, 7) is 3.85. The highest BCUT2D eigenvalue weighted by atomic mass is 35.5. The lowest BCUT2D eigenvalue weighted by Crippen LogP contribution is -2.46. The van der Waals surface area contributed by atoms with E-state index in [-0.39, 0.29) is 18.1 Å². The topological polar surface area (TPSA) is 84.8 Å². The van der Waals surface area contributed by atoms with Gasteiger partial charge in [-0.05, 0) is 80.3 Å². The lowest BCUT2D eigenvalue weighted by atomic mass is 9.71. The van der Waals surface area contributed by atoms with Gasteiger partial charge in [0.25, 0.3) is 0 Å². The Labute approximate surface area is 249 Å². The predicted molar refractivity (Wildman–Crippen MR) is 166 cm³/mol. The van der Waals surface area contributed by atoms with E-state index in [2.05, 4.69) is 64.1 Å². The monoisotopic (exact) mass is 577 g/mol. The molecule has 0 aromatic heterocycles. The van der Waals surface area contributed by atoms with Gasteiger partial charge >= 0.3 is 6.03 Å². The molecular formula is C34H44ClN3O3. The van der Waals surface area contributed by atoms with Crippen molar-refractivity contribution >= 4 is 17.6 Å². The smallest absolute Gasteiger partial charge is 0.314 e. The van der Waals surface area contributed by atoms with Crippen LogP contribution in [0.15, 0.2) is 84.9 Å². The molecule has 7 heteroatoms. The maximum atomic E-state index is 12.8. The minimum atomic E-state index is -0.811. The van der Waals surface area contributed by atoms with Crippen LogP contribution in [0.5, 0.6) is 0 Å². The van der Waals surface area contributed by atoms with Crippen molar-refractivity contribution in [1.82, 2.24) is 15.5 Å². The summed E-state index contributed by atoms with van der Waals surface area (Å²) in [7, 11) is 0. The fourth-order valence-electron chi connectivity index (χ4n) is 5.97. The molecule has 1 fully saturated rings. The van der Waals surface area contributed by atoms with Crippen LogP contribution < -0.4 is 10.6 Å². The molecule has 3 aromatic rings. The van der Waals surface area contributed by atoms with Crippen molar-refractivity contribution in [3.63, 3.8) is 0 Å². The summed E-state index contributed by atoms with van der Waals surface area (Å²) in [5.41, 5.74) is 2.12.